The lowest BCUT2D eigenvalue weighted by molar-refractivity contribution is -0.138. The van der Waals surface area contributed by atoms with Crippen LogP contribution in [0, 0.1) is 5.82 Å². The van der Waals surface area contributed by atoms with E-state index in [1.807, 2.05) is 25.8 Å². The van der Waals surface area contributed by atoms with Gasteiger partial charge in [0, 0.05) is 61.0 Å². The van der Waals surface area contributed by atoms with Gasteiger partial charge in [-0.25, -0.2) is 14.4 Å². The number of amides is 1. The molecule has 0 unspecified atom stereocenters. The zero-order valence-corrected chi connectivity index (χ0v) is 22.6. The fraction of sp³-hybridized carbons (Fsp3) is 0.407. The summed E-state index contributed by atoms with van der Waals surface area (Å²) in [5.74, 6) is -1.75. The van der Waals surface area contributed by atoms with Crippen LogP contribution in [-0.2, 0) is 6.18 Å². The molecule has 1 aliphatic rings. The molecule has 2 atom stereocenters. The highest BCUT2D eigenvalue weighted by molar-refractivity contribution is 6.07. The molecule has 1 aromatic carbocycles. The molecular formula is C27H30F4N6O3. The van der Waals surface area contributed by atoms with Gasteiger partial charge in [-0.1, -0.05) is 0 Å². The lowest BCUT2D eigenvalue weighted by Gasteiger charge is -2.44. The Kier molecular flexibility index (Phi) is 8.15. The molecular weight excluding hydrogens is 532 g/mol. The first kappa shape index (κ1) is 29.0. The van der Waals surface area contributed by atoms with Crippen molar-refractivity contribution in [2.45, 2.75) is 52.1 Å². The van der Waals surface area contributed by atoms with Crippen LogP contribution in [0.15, 0.2) is 41.6 Å². The summed E-state index contributed by atoms with van der Waals surface area (Å²) in [5.41, 5.74) is -2.46. The number of hydrogen-bond acceptors (Lipinski definition) is 7. The lowest BCUT2D eigenvalue weighted by atomic mass is 10.0. The van der Waals surface area contributed by atoms with Gasteiger partial charge in [0.15, 0.2) is 0 Å². The zero-order chi connectivity index (χ0) is 29.4. The Labute approximate surface area is 228 Å². The molecule has 1 aliphatic heterocycles. The molecule has 40 heavy (non-hydrogen) atoms. The smallest absolute Gasteiger partial charge is 0.417 e. The molecule has 0 aliphatic carbocycles. The number of alkyl halides is 3. The van der Waals surface area contributed by atoms with E-state index in [2.05, 4.69) is 25.2 Å². The Hall–Kier alpha value is -4.00. The van der Waals surface area contributed by atoms with E-state index in [4.69, 9.17) is 4.74 Å². The maximum Gasteiger partial charge on any atom is 0.417 e. The second kappa shape index (κ2) is 11.2. The number of aromatic nitrogens is 3. The average molecular weight is 563 g/mol. The lowest BCUT2D eigenvalue weighted by Crippen LogP contribution is -2.55. The third-order valence-electron chi connectivity index (χ3n) is 6.79. The normalized spacial score (nSPS) is 18.2. The Morgan fingerprint density at radius 3 is 2.33 bits per heavy atom. The minimum atomic E-state index is -4.95. The van der Waals surface area contributed by atoms with Crippen molar-refractivity contribution in [3.8, 4) is 17.1 Å². The first-order valence-electron chi connectivity index (χ1n) is 12.6. The highest BCUT2D eigenvalue weighted by Gasteiger charge is 2.36. The van der Waals surface area contributed by atoms with E-state index >= 15 is 4.39 Å². The molecule has 1 fully saturated rings. The van der Waals surface area contributed by atoms with E-state index < -0.39 is 34.6 Å². The number of likely N-dealkylation sites (N-methyl/N-ethyl adjacent to an activating group) is 1. The molecule has 9 nitrogen and oxygen atoms in total. The average Bonchev–Trinajstić information content (AvgIpc) is 2.87. The van der Waals surface area contributed by atoms with Gasteiger partial charge < -0.3 is 19.9 Å². The van der Waals surface area contributed by atoms with E-state index in [0.29, 0.717) is 31.0 Å². The van der Waals surface area contributed by atoms with Gasteiger partial charge in [-0.2, -0.15) is 13.2 Å². The van der Waals surface area contributed by atoms with Gasteiger partial charge in [-0.05, 0) is 46.9 Å². The molecule has 214 valence electrons. The van der Waals surface area contributed by atoms with Crippen molar-refractivity contribution < 1.29 is 27.1 Å². The number of pyridine rings is 1. The summed E-state index contributed by atoms with van der Waals surface area (Å²) < 4.78 is 61.9. The van der Waals surface area contributed by atoms with E-state index in [0.717, 1.165) is 0 Å². The van der Waals surface area contributed by atoms with E-state index in [-0.39, 0.29) is 41.0 Å². The Balaban J connectivity index is 1.79. The van der Waals surface area contributed by atoms with E-state index in [1.54, 1.807) is 13.8 Å². The number of H-pyrrole nitrogens is 1. The number of nitrogens with one attached hydrogen (secondary N) is 2. The van der Waals surface area contributed by atoms with Crippen LogP contribution in [-0.4, -0.2) is 64.1 Å². The van der Waals surface area contributed by atoms with Gasteiger partial charge in [-0.15, -0.1) is 0 Å². The molecule has 3 heterocycles. The zero-order valence-electron chi connectivity index (χ0n) is 22.6. The highest BCUT2D eigenvalue weighted by Crippen LogP contribution is 2.37. The van der Waals surface area contributed by atoms with Crippen LogP contribution in [0.1, 0.15) is 43.6 Å². The number of carbonyl (C=O) groups is 1. The molecule has 0 radical (unpaired) electrons. The topological polar surface area (TPSA) is 103 Å². The highest BCUT2D eigenvalue weighted by atomic mass is 19.4. The number of hydrogen-bond donors (Lipinski definition) is 2. The summed E-state index contributed by atoms with van der Waals surface area (Å²) in [7, 11) is 1.97. The summed E-state index contributed by atoms with van der Waals surface area (Å²) in [6.45, 7) is 8.58. The molecule has 1 saturated heterocycles. The molecule has 4 rings (SSSR count). The summed E-state index contributed by atoms with van der Waals surface area (Å²) in [6.07, 6.45) is -1.69. The van der Waals surface area contributed by atoms with Gasteiger partial charge >= 0.3 is 12.2 Å². The van der Waals surface area contributed by atoms with Crippen molar-refractivity contribution in [2.75, 3.05) is 30.4 Å². The van der Waals surface area contributed by atoms with Crippen LogP contribution in [0.3, 0.4) is 0 Å². The molecule has 0 saturated carbocycles. The number of carbonyl (C=O) groups excluding carboxylic acids is 1. The van der Waals surface area contributed by atoms with Gasteiger partial charge in [0.1, 0.15) is 5.82 Å². The number of piperazine rings is 1. The summed E-state index contributed by atoms with van der Waals surface area (Å²) in [5, 5.41) is 2.52. The van der Waals surface area contributed by atoms with Gasteiger partial charge in [0.2, 0.25) is 5.56 Å². The van der Waals surface area contributed by atoms with Crippen molar-refractivity contribution in [1.82, 2.24) is 19.9 Å². The quantitative estimate of drug-likeness (QED) is 0.425. The van der Waals surface area contributed by atoms with E-state index in [9.17, 15) is 22.8 Å². The molecule has 1 amide bonds. The SMILES string of the molecule is CC(C)Oc1ncc(-c2cc(NC(=O)c3c[nH]c(=O)cc3C(F)(F)F)c(N3C[C@@H](C)N(C)[C@@H](C)C3)cc2F)cn1. The first-order valence-corrected chi connectivity index (χ1v) is 12.6. The molecule has 0 spiro atoms. The second-order valence-electron chi connectivity index (χ2n) is 10.1. The largest absolute Gasteiger partial charge is 0.461 e. The predicted octanol–water partition coefficient (Wildman–Crippen LogP) is 4.56. The third-order valence-corrected chi connectivity index (χ3v) is 6.79. The van der Waals surface area contributed by atoms with Gasteiger partial charge in [0.05, 0.1) is 28.6 Å². The van der Waals surface area contributed by atoms with Crippen LogP contribution in [0.2, 0.25) is 0 Å². The number of benzene rings is 1. The maximum atomic E-state index is 15.6. The van der Waals surface area contributed by atoms with E-state index in [1.165, 1.54) is 24.5 Å². The monoisotopic (exact) mass is 562 g/mol. The standard InChI is InChI=1S/C27H30F4N6O3/c1-14(2)40-26-33-9-17(10-34-26)18-6-22(23(8-21(18)28)37-12-15(3)36(5)16(4)13-37)35-25(39)19-11-32-24(38)7-20(19)27(29,30)31/h6-11,14-16H,12-13H2,1-5H3,(H,32,38)(H,35,39)/t15-,16+. The van der Waals surface area contributed by atoms with Crippen LogP contribution in [0.5, 0.6) is 6.01 Å². The summed E-state index contributed by atoms with van der Waals surface area (Å²) in [6, 6.07) is 3.17. The fourth-order valence-electron chi connectivity index (χ4n) is 4.56. The number of rotatable bonds is 6. The number of nitrogens with zero attached hydrogens (tertiary/aromatic N) is 4. The van der Waals surface area contributed by atoms with Crippen LogP contribution in [0.25, 0.3) is 11.1 Å². The second-order valence-corrected chi connectivity index (χ2v) is 10.1. The number of ether oxygens (including phenoxy) is 1. The van der Waals surface area contributed by atoms with Crippen LogP contribution < -0.4 is 20.5 Å². The molecule has 0 bridgehead atoms. The third kappa shape index (κ3) is 6.24. The van der Waals surface area contributed by atoms with Crippen molar-refractivity contribution in [3.05, 3.63) is 64.1 Å². The minimum absolute atomic E-state index is 0.0304. The maximum absolute atomic E-state index is 15.6. The van der Waals surface area contributed by atoms with Crippen LogP contribution >= 0.6 is 0 Å². The van der Waals surface area contributed by atoms with Gasteiger partial charge in [-0.3, -0.25) is 14.5 Å². The molecule has 13 heteroatoms. The minimum Gasteiger partial charge on any atom is -0.461 e. The van der Waals surface area contributed by atoms with Crippen molar-refractivity contribution >= 4 is 17.3 Å². The number of aromatic amines is 1. The summed E-state index contributed by atoms with van der Waals surface area (Å²) >= 11 is 0. The predicted molar refractivity (Wildman–Crippen MR) is 142 cm³/mol. The summed E-state index contributed by atoms with van der Waals surface area (Å²) in [4.78, 5) is 39.1. The Morgan fingerprint density at radius 1 is 1.12 bits per heavy atom. The van der Waals surface area contributed by atoms with Gasteiger partial charge in [0.25, 0.3) is 5.91 Å². The molecule has 3 aromatic rings. The fourth-order valence-corrected chi connectivity index (χ4v) is 4.56. The van der Waals surface area contributed by atoms with Crippen molar-refractivity contribution in [2.24, 2.45) is 0 Å². The molecule has 2 aromatic heterocycles. The Bertz CT molecular complexity index is 1430. The van der Waals surface area contributed by atoms with Crippen molar-refractivity contribution in [3.63, 3.8) is 0 Å². The number of anilines is 2. The van der Waals surface area contributed by atoms with Crippen molar-refractivity contribution in [1.29, 1.82) is 0 Å². The Morgan fingerprint density at radius 2 is 1.75 bits per heavy atom. The molecule has 2 N–H and O–H groups in total. The first-order chi connectivity index (χ1) is 18.7. The van der Waals surface area contributed by atoms with Crippen LogP contribution in [0.4, 0.5) is 28.9 Å². The number of halogens is 4.